The average Bonchev–Trinajstić information content (AvgIpc) is 2.87. The zero-order valence-corrected chi connectivity index (χ0v) is 23.7. The molecule has 3 aliphatic rings. The number of rotatable bonds is 9. The summed E-state index contributed by atoms with van der Waals surface area (Å²) in [6.07, 6.45) is 0.361. The van der Waals surface area contributed by atoms with Crippen molar-refractivity contribution in [3.8, 4) is 0 Å². The van der Waals surface area contributed by atoms with Crippen LogP contribution in [0.5, 0.6) is 0 Å². The fourth-order valence-electron chi connectivity index (χ4n) is 4.52. The van der Waals surface area contributed by atoms with E-state index in [2.05, 4.69) is 36.7 Å². The Morgan fingerprint density at radius 3 is 2.56 bits per heavy atom. The molecule has 1 aromatic carbocycles. The van der Waals surface area contributed by atoms with E-state index in [0.29, 0.717) is 10.5 Å². The molecule has 3 aliphatic heterocycles. The first-order valence-corrected chi connectivity index (χ1v) is 13.8. The van der Waals surface area contributed by atoms with Crippen LogP contribution < -0.4 is 5.32 Å². The van der Waals surface area contributed by atoms with Gasteiger partial charge in [-0.1, -0.05) is 33.8 Å². The number of aliphatic carboxylic acids is 1. The summed E-state index contributed by atoms with van der Waals surface area (Å²) in [5.74, 6) is -11.2. The molecule has 0 radical (unpaired) electrons. The van der Waals surface area contributed by atoms with Gasteiger partial charge in [-0.25, -0.2) is 31.5 Å². The van der Waals surface area contributed by atoms with Gasteiger partial charge in [-0.15, -0.1) is 5.73 Å². The normalized spacial score (nSPS) is 22.2. The number of ether oxygens (including phenoxy) is 2. The van der Waals surface area contributed by atoms with Crippen molar-refractivity contribution < 1.29 is 46.1 Å². The highest BCUT2D eigenvalue weighted by atomic mass is 79.9. The van der Waals surface area contributed by atoms with Crippen molar-refractivity contribution in [2.75, 3.05) is 32.8 Å². The molecule has 15 heteroatoms. The molecule has 220 valence electrons. The highest BCUT2D eigenvalue weighted by Gasteiger charge is 2.61. The molecule has 0 amide bonds. The number of piperidine rings is 1. The molecule has 0 aromatic heterocycles. The topological polar surface area (TPSA) is 100 Å². The number of carboxylic acids is 1. The number of nitrogens with zero attached hydrogens (tertiary/aromatic N) is 2. The van der Waals surface area contributed by atoms with Gasteiger partial charge in [0.2, 0.25) is 0 Å². The first-order valence-electron chi connectivity index (χ1n) is 12.1. The van der Waals surface area contributed by atoms with E-state index in [-0.39, 0.29) is 28.2 Å². The Morgan fingerprint density at radius 1 is 1.27 bits per heavy atom. The third kappa shape index (κ3) is 7.09. The monoisotopic (exact) mass is 663 g/mol. The predicted molar refractivity (Wildman–Crippen MR) is 143 cm³/mol. The second-order valence-electron chi connectivity index (χ2n) is 9.12. The second-order valence-corrected chi connectivity index (χ2v) is 10.9. The number of alkyl halides is 4. The Kier molecular flexibility index (Phi) is 9.44. The molecule has 3 heterocycles. The molecule has 0 unspecified atom stereocenters. The summed E-state index contributed by atoms with van der Waals surface area (Å²) >= 11 is 4.50. The predicted octanol–water partition coefficient (Wildman–Crippen LogP) is 4.80. The lowest BCUT2D eigenvalue weighted by atomic mass is 9.94. The molecule has 0 aliphatic carbocycles. The lowest BCUT2D eigenvalue weighted by molar-refractivity contribution is -0.267. The molecule has 0 bridgehead atoms. The van der Waals surface area contributed by atoms with E-state index in [4.69, 9.17) is 9.84 Å². The Labute approximate surface area is 243 Å². The second kappa shape index (κ2) is 12.5. The summed E-state index contributed by atoms with van der Waals surface area (Å²) in [7, 11) is 0. The average molecular weight is 664 g/mol. The first kappa shape index (κ1) is 31.0. The van der Waals surface area contributed by atoms with Gasteiger partial charge in [0, 0.05) is 16.7 Å². The van der Waals surface area contributed by atoms with E-state index in [1.165, 1.54) is 17.8 Å². The minimum Gasteiger partial charge on any atom is -0.480 e. The summed E-state index contributed by atoms with van der Waals surface area (Å²) in [4.78, 5) is 29.8. The molecule has 0 spiro atoms. The van der Waals surface area contributed by atoms with Crippen LogP contribution in [-0.2, 0) is 19.1 Å². The Hall–Kier alpha value is -2.97. The van der Waals surface area contributed by atoms with Crippen molar-refractivity contribution in [2.24, 2.45) is 4.99 Å². The van der Waals surface area contributed by atoms with Crippen LogP contribution in [-0.4, -0.2) is 78.6 Å². The molecular formula is C26H23BrF5N3O5S. The van der Waals surface area contributed by atoms with Crippen molar-refractivity contribution in [2.45, 2.75) is 30.9 Å². The van der Waals surface area contributed by atoms with Gasteiger partial charge in [0.05, 0.1) is 30.2 Å². The van der Waals surface area contributed by atoms with Crippen LogP contribution in [0.25, 0.3) is 0 Å². The van der Waals surface area contributed by atoms with Crippen molar-refractivity contribution in [3.63, 3.8) is 0 Å². The van der Waals surface area contributed by atoms with Gasteiger partial charge in [0.1, 0.15) is 24.3 Å². The lowest BCUT2D eigenvalue weighted by Crippen LogP contribution is -2.64. The summed E-state index contributed by atoms with van der Waals surface area (Å²) < 4.78 is 83.5. The molecule has 4 rings (SSSR count). The van der Waals surface area contributed by atoms with E-state index in [1.807, 2.05) is 0 Å². The van der Waals surface area contributed by atoms with Gasteiger partial charge < -0.3 is 19.9 Å². The number of halogens is 6. The van der Waals surface area contributed by atoms with E-state index in [9.17, 15) is 31.5 Å². The van der Waals surface area contributed by atoms with Gasteiger partial charge in [-0.2, -0.15) is 0 Å². The third-order valence-electron chi connectivity index (χ3n) is 6.06. The van der Waals surface area contributed by atoms with Crippen molar-refractivity contribution in [1.82, 2.24) is 10.2 Å². The summed E-state index contributed by atoms with van der Waals surface area (Å²) in [6, 6.07) is 2.57. The van der Waals surface area contributed by atoms with Gasteiger partial charge >= 0.3 is 11.9 Å². The van der Waals surface area contributed by atoms with Crippen LogP contribution in [0.15, 0.2) is 67.1 Å². The molecule has 0 saturated carbocycles. The summed E-state index contributed by atoms with van der Waals surface area (Å²) in [6.45, 7) is -2.84. The van der Waals surface area contributed by atoms with E-state index < -0.39 is 68.0 Å². The Balaban J connectivity index is 1.77. The number of hydrogen-bond acceptors (Lipinski definition) is 8. The number of aliphatic imine (C=N–C) groups is 1. The minimum absolute atomic E-state index is 0.0318. The van der Waals surface area contributed by atoms with Crippen LogP contribution in [0.2, 0.25) is 0 Å². The van der Waals surface area contributed by atoms with E-state index in [1.54, 1.807) is 24.5 Å². The maximum absolute atomic E-state index is 14.9. The quantitative estimate of drug-likeness (QED) is 0.221. The van der Waals surface area contributed by atoms with Crippen LogP contribution in [0.3, 0.4) is 0 Å². The zero-order chi connectivity index (χ0) is 29.9. The smallest absolute Gasteiger partial charge is 0.338 e. The van der Waals surface area contributed by atoms with E-state index >= 15 is 0 Å². The number of hydrogen-bond donors (Lipinski definition) is 2. The molecule has 8 nitrogen and oxygen atoms in total. The van der Waals surface area contributed by atoms with E-state index in [0.717, 1.165) is 17.0 Å². The zero-order valence-electron chi connectivity index (χ0n) is 21.3. The van der Waals surface area contributed by atoms with Crippen LogP contribution in [0.4, 0.5) is 22.0 Å². The number of carbonyl (C=O) groups is 2. The number of carboxylic acid groups (broad SMARTS) is 1. The van der Waals surface area contributed by atoms with Crippen molar-refractivity contribution in [3.05, 3.63) is 73.5 Å². The van der Waals surface area contributed by atoms with Gasteiger partial charge in [0.25, 0.3) is 11.8 Å². The fraction of sp³-hybridized carbons (Fsp3) is 0.385. The molecule has 1 atom stereocenters. The maximum Gasteiger partial charge on any atom is 0.338 e. The van der Waals surface area contributed by atoms with Gasteiger partial charge in [0.15, 0.2) is 6.10 Å². The van der Waals surface area contributed by atoms with Gasteiger partial charge in [-0.3, -0.25) is 9.89 Å². The molecule has 1 fully saturated rings. The standard InChI is InChI=1S/C26H23BrF5N3O5S/c1-2-39-23(38)20-17(10-35-12-25(29,30)24(26(31,32)13-35)40-11-19(36)37)33-22(18-5-3-4-8-41-18)34-21(20)15-7-6-14(28)9-16(15)27/h3-4,6-9,21,24H,2,10-13H2,1H3,(H,33,34)(H,36,37)/t21-/m0/s1. The number of amidine groups is 1. The molecule has 41 heavy (non-hydrogen) atoms. The molecule has 1 aromatic rings. The lowest BCUT2D eigenvalue weighted by Gasteiger charge is -2.43. The number of allylic oxidation sites excluding steroid dienone is 1. The highest BCUT2D eigenvalue weighted by molar-refractivity contribution is 9.10. The number of likely N-dealkylation sites (tertiary alicyclic amines) is 1. The number of thioether (sulfide) groups is 1. The fourth-order valence-corrected chi connectivity index (χ4v) is 5.74. The summed E-state index contributed by atoms with van der Waals surface area (Å²) in [5.41, 5.74) is 3.14. The number of carbonyl (C=O) groups excluding carboxylic acids is 1. The number of benzene rings is 1. The van der Waals surface area contributed by atoms with Crippen LogP contribution in [0, 0.1) is 5.82 Å². The third-order valence-corrected chi connectivity index (χ3v) is 7.59. The maximum atomic E-state index is 14.9. The molecule has 2 N–H and O–H groups in total. The van der Waals surface area contributed by atoms with Gasteiger partial charge in [-0.05, 0) is 42.2 Å². The van der Waals surface area contributed by atoms with Crippen LogP contribution >= 0.6 is 27.7 Å². The van der Waals surface area contributed by atoms with Crippen molar-refractivity contribution >= 4 is 45.5 Å². The minimum atomic E-state index is -4.14. The molecular weight excluding hydrogens is 641 g/mol. The number of nitrogens with one attached hydrogen (secondary N) is 1. The first-order chi connectivity index (χ1) is 19.3. The Morgan fingerprint density at radius 2 is 1.98 bits per heavy atom. The molecule has 1 saturated heterocycles. The SMILES string of the molecule is CCOC(=O)C1=C(CN2CC(F)(F)C(OCC(=O)O)C(F)(F)C2)NC(C2=C=CC=CS2)=N[C@H]1c1ccc(F)cc1Br. The summed E-state index contributed by atoms with van der Waals surface area (Å²) in [5, 5.41) is 13.4. The highest BCUT2D eigenvalue weighted by Crippen LogP contribution is 2.41. The largest absolute Gasteiger partial charge is 0.480 e. The van der Waals surface area contributed by atoms with Crippen molar-refractivity contribution in [1.29, 1.82) is 0 Å². The Bertz CT molecular complexity index is 1380. The number of esters is 1. The van der Waals surface area contributed by atoms with Crippen LogP contribution in [0.1, 0.15) is 18.5 Å².